The van der Waals surface area contributed by atoms with Crippen LogP contribution >= 0.6 is 0 Å². The van der Waals surface area contributed by atoms with Gasteiger partial charge in [-0.2, -0.15) is 0 Å². The molecule has 0 aliphatic carbocycles. The maximum atomic E-state index is 11.7. The summed E-state index contributed by atoms with van der Waals surface area (Å²) in [7, 11) is 0. The number of likely N-dealkylation sites (tertiary alicyclic amines) is 1. The van der Waals surface area contributed by atoms with E-state index in [4.69, 9.17) is 0 Å². The highest BCUT2D eigenvalue weighted by atomic mass is 16.3. The van der Waals surface area contributed by atoms with Crippen molar-refractivity contribution in [2.45, 2.75) is 38.5 Å². The molecule has 22 heavy (non-hydrogen) atoms. The number of nitrogens with zero attached hydrogens (tertiary/aromatic N) is 1. The van der Waals surface area contributed by atoms with Crippen LogP contribution in [-0.4, -0.2) is 28.2 Å². The Morgan fingerprint density at radius 1 is 1.05 bits per heavy atom. The summed E-state index contributed by atoms with van der Waals surface area (Å²) in [5, 5.41) is 9.91. The second-order valence-corrected chi connectivity index (χ2v) is 5.91. The number of benzene rings is 2. The van der Waals surface area contributed by atoms with E-state index in [1.165, 1.54) is 23.6 Å². The van der Waals surface area contributed by atoms with Crippen LogP contribution in [0.4, 0.5) is 0 Å². The lowest BCUT2D eigenvalue weighted by Gasteiger charge is -2.26. The molecular weight excluding hydrogens is 274 g/mol. The SMILES string of the molecule is CC(=O)N1C(O)CC[C@H]1Cc1ccc(-c2ccccc2)cc1. The van der Waals surface area contributed by atoms with Gasteiger partial charge >= 0.3 is 0 Å². The van der Waals surface area contributed by atoms with Crippen molar-refractivity contribution in [1.29, 1.82) is 0 Å². The van der Waals surface area contributed by atoms with Crippen molar-refractivity contribution < 1.29 is 9.90 Å². The van der Waals surface area contributed by atoms with Crippen molar-refractivity contribution in [1.82, 2.24) is 4.90 Å². The Labute approximate surface area is 131 Å². The number of rotatable bonds is 3. The molecule has 2 aromatic rings. The van der Waals surface area contributed by atoms with E-state index in [1.54, 1.807) is 4.90 Å². The van der Waals surface area contributed by atoms with Gasteiger partial charge in [-0.15, -0.1) is 0 Å². The molecule has 0 aromatic heterocycles. The summed E-state index contributed by atoms with van der Waals surface area (Å²) in [6, 6.07) is 18.9. The second-order valence-electron chi connectivity index (χ2n) is 5.91. The minimum Gasteiger partial charge on any atom is -0.374 e. The Balaban J connectivity index is 1.73. The zero-order valence-electron chi connectivity index (χ0n) is 12.8. The molecular formula is C19H21NO2. The third kappa shape index (κ3) is 3.04. The van der Waals surface area contributed by atoms with Crippen LogP contribution in [0.2, 0.25) is 0 Å². The van der Waals surface area contributed by atoms with Gasteiger partial charge in [0.15, 0.2) is 0 Å². The maximum Gasteiger partial charge on any atom is 0.221 e. The minimum absolute atomic E-state index is 0.0455. The third-order valence-corrected chi connectivity index (χ3v) is 4.37. The van der Waals surface area contributed by atoms with Crippen molar-refractivity contribution >= 4 is 5.91 Å². The van der Waals surface area contributed by atoms with E-state index in [0.717, 1.165) is 12.8 Å². The summed E-state index contributed by atoms with van der Waals surface area (Å²) in [6.07, 6.45) is 1.71. The highest BCUT2D eigenvalue weighted by molar-refractivity contribution is 5.74. The van der Waals surface area contributed by atoms with E-state index >= 15 is 0 Å². The monoisotopic (exact) mass is 295 g/mol. The van der Waals surface area contributed by atoms with Gasteiger partial charge in [0.25, 0.3) is 0 Å². The minimum atomic E-state index is -0.619. The first-order chi connectivity index (χ1) is 10.6. The Morgan fingerprint density at radius 3 is 2.32 bits per heavy atom. The fourth-order valence-electron chi connectivity index (χ4n) is 3.27. The summed E-state index contributed by atoms with van der Waals surface area (Å²) in [5.74, 6) is -0.0455. The first-order valence-corrected chi connectivity index (χ1v) is 7.76. The van der Waals surface area contributed by atoms with E-state index in [1.807, 2.05) is 18.2 Å². The normalized spacial score (nSPS) is 21.1. The Morgan fingerprint density at radius 2 is 1.68 bits per heavy atom. The number of hydrogen-bond acceptors (Lipinski definition) is 2. The summed E-state index contributed by atoms with van der Waals surface area (Å²) in [6.45, 7) is 1.53. The average Bonchev–Trinajstić information content (AvgIpc) is 2.90. The first kappa shape index (κ1) is 14.8. The molecule has 0 spiro atoms. The van der Waals surface area contributed by atoms with Gasteiger partial charge in [-0.25, -0.2) is 0 Å². The molecule has 0 radical (unpaired) electrons. The molecule has 1 N–H and O–H groups in total. The number of aliphatic hydroxyl groups is 1. The largest absolute Gasteiger partial charge is 0.374 e. The van der Waals surface area contributed by atoms with E-state index in [9.17, 15) is 9.90 Å². The average molecular weight is 295 g/mol. The molecule has 1 amide bonds. The summed E-state index contributed by atoms with van der Waals surface area (Å²) in [5.41, 5.74) is 3.60. The fourth-order valence-corrected chi connectivity index (χ4v) is 3.27. The topological polar surface area (TPSA) is 40.5 Å². The third-order valence-electron chi connectivity index (χ3n) is 4.37. The molecule has 1 heterocycles. The predicted molar refractivity (Wildman–Crippen MR) is 87.1 cm³/mol. The molecule has 2 atom stereocenters. The molecule has 1 saturated heterocycles. The van der Waals surface area contributed by atoms with Crippen LogP contribution in [0.25, 0.3) is 11.1 Å². The standard InChI is InChI=1S/C19H21NO2/c1-14(21)20-18(11-12-19(20)22)13-15-7-9-17(10-8-15)16-5-3-2-4-6-16/h2-10,18-19,22H,11-13H2,1H3/t18-,19?/m0/s1. The molecule has 1 unspecified atom stereocenters. The van der Waals surface area contributed by atoms with Crippen molar-refractivity contribution in [2.75, 3.05) is 0 Å². The Hall–Kier alpha value is -2.13. The van der Waals surface area contributed by atoms with Crippen LogP contribution in [-0.2, 0) is 11.2 Å². The lowest BCUT2D eigenvalue weighted by Crippen LogP contribution is -2.40. The summed E-state index contributed by atoms with van der Waals surface area (Å²) in [4.78, 5) is 13.3. The highest BCUT2D eigenvalue weighted by Crippen LogP contribution is 2.26. The smallest absolute Gasteiger partial charge is 0.221 e. The van der Waals surface area contributed by atoms with Crippen molar-refractivity contribution in [3.05, 3.63) is 60.2 Å². The van der Waals surface area contributed by atoms with Gasteiger partial charge in [0.2, 0.25) is 5.91 Å². The molecule has 1 aliphatic heterocycles. The second kappa shape index (κ2) is 6.32. The van der Waals surface area contributed by atoms with E-state index < -0.39 is 6.23 Å². The first-order valence-electron chi connectivity index (χ1n) is 7.76. The molecule has 2 aromatic carbocycles. The lowest BCUT2D eigenvalue weighted by molar-refractivity contribution is -0.138. The van der Waals surface area contributed by atoms with Crippen molar-refractivity contribution in [3.8, 4) is 11.1 Å². The number of hydrogen-bond donors (Lipinski definition) is 1. The quantitative estimate of drug-likeness (QED) is 0.944. The molecule has 3 rings (SSSR count). The predicted octanol–water partition coefficient (Wildman–Crippen LogP) is 3.23. The van der Waals surface area contributed by atoms with Gasteiger partial charge in [-0.05, 0) is 36.0 Å². The number of carbonyl (C=O) groups excluding carboxylic acids is 1. The van der Waals surface area contributed by atoms with Gasteiger partial charge in [0.05, 0.1) is 0 Å². The maximum absolute atomic E-state index is 11.7. The molecule has 1 aliphatic rings. The zero-order chi connectivity index (χ0) is 15.5. The van der Waals surface area contributed by atoms with Gasteiger partial charge in [-0.1, -0.05) is 54.6 Å². The summed E-state index contributed by atoms with van der Waals surface area (Å²) >= 11 is 0. The van der Waals surface area contributed by atoms with Gasteiger partial charge in [0, 0.05) is 13.0 Å². The van der Waals surface area contributed by atoms with Crippen LogP contribution in [0.15, 0.2) is 54.6 Å². The number of aliphatic hydroxyl groups excluding tert-OH is 1. The van der Waals surface area contributed by atoms with E-state index in [2.05, 4.69) is 36.4 Å². The Bertz CT molecular complexity index is 636. The van der Waals surface area contributed by atoms with Gasteiger partial charge in [0.1, 0.15) is 6.23 Å². The van der Waals surface area contributed by atoms with Crippen molar-refractivity contribution in [3.63, 3.8) is 0 Å². The van der Waals surface area contributed by atoms with E-state index in [-0.39, 0.29) is 11.9 Å². The lowest BCUT2D eigenvalue weighted by atomic mass is 10.00. The van der Waals surface area contributed by atoms with E-state index in [0.29, 0.717) is 6.42 Å². The molecule has 114 valence electrons. The van der Waals surface area contributed by atoms with Crippen LogP contribution in [0.3, 0.4) is 0 Å². The Kier molecular flexibility index (Phi) is 4.25. The zero-order valence-corrected chi connectivity index (χ0v) is 12.8. The van der Waals surface area contributed by atoms with Gasteiger partial charge in [-0.3, -0.25) is 4.79 Å². The van der Waals surface area contributed by atoms with Gasteiger partial charge < -0.3 is 10.0 Å². The molecule has 0 bridgehead atoms. The van der Waals surface area contributed by atoms with Crippen LogP contribution < -0.4 is 0 Å². The summed E-state index contributed by atoms with van der Waals surface area (Å²) < 4.78 is 0. The van der Waals surface area contributed by atoms with Crippen LogP contribution in [0.1, 0.15) is 25.3 Å². The molecule has 3 heteroatoms. The number of amides is 1. The van der Waals surface area contributed by atoms with Crippen molar-refractivity contribution in [2.24, 2.45) is 0 Å². The highest BCUT2D eigenvalue weighted by Gasteiger charge is 2.33. The molecule has 0 saturated carbocycles. The van der Waals surface area contributed by atoms with Crippen LogP contribution in [0, 0.1) is 0 Å². The number of carbonyl (C=O) groups is 1. The fraction of sp³-hybridized carbons (Fsp3) is 0.316. The molecule has 1 fully saturated rings. The van der Waals surface area contributed by atoms with Crippen LogP contribution in [0.5, 0.6) is 0 Å². The molecule has 3 nitrogen and oxygen atoms in total.